The van der Waals surface area contributed by atoms with Crippen LogP contribution in [0.25, 0.3) is 0 Å². The van der Waals surface area contributed by atoms with Crippen LogP contribution in [0.5, 0.6) is 28.7 Å². The van der Waals surface area contributed by atoms with E-state index in [9.17, 15) is 14.9 Å². The summed E-state index contributed by atoms with van der Waals surface area (Å²) in [6.07, 6.45) is 0.292. The van der Waals surface area contributed by atoms with Gasteiger partial charge in [0.05, 0.1) is 52.2 Å². The van der Waals surface area contributed by atoms with Gasteiger partial charge in [0, 0.05) is 35.7 Å². The zero-order chi connectivity index (χ0) is 27.4. The molecule has 1 heterocycles. The fourth-order valence-electron chi connectivity index (χ4n) is 4.34. The van der Waals surface area contributed by atoms with E-state index in [1.54, 1.807) is 37.4 Å². The number of carbonyl (C=O) groups is 1. The lowest BCUT2D eigenvalue weighted by Crippen LogP contribution is -2.27. The Bertz CT molecular complexity index is 1380. The van der Waals surface area contributed by atoms with Gasteiger partial charge in [-0.1, -0.05) is 12.1 Å². The Morgan fingerprint density at radius 1 is 0.895 bits per heavy atom. The zero-order valence-electron chi connectivity index (χ0n) is 21.6. The van der Waals surface area contributed by atoms with Crippen molar-refractivity contribution in [1.29, 1.82) is 0 Å². The second kappa shape index (κ2) is 11.1. The summed E-state index contributed by atoms with van der Waals surface area (Å²) in [6.45, 7) is 0. The molecule has 0 fully saturated rings. The van der Waals surface area contributed by atoms with E-state index in [0.29, 0.717) is 52.0 Å². The van der Waals surface area contributed by atoms with Gasteiger partial charge in [0.2, 0.25) is 5.75 Å². The molecule has 0 radical (unpaired) electrons. The first-order valence-electron chi connectivity index (χ1n) is 11.5. The van der Waals surface area contributed by atoms with Crippen LogP contribution in [0.3, 0.4) is 0 Å². The van der Waals surface area contributed by atoms with Gasteiger partial charge >= 0.3 is 0 Å². The standard InChI is InChI=1S/C27H27N3O8/c1-34-19-9-10-20(23(14-19)35-2)21-15-22(16-7-6-8-18(11-16)30(32)33)29(28-21)27(31)17-12-24(36-3)26(38-5)25(13-17)37-4/h6-14,22H,15H2,1-5H3/t22-/m0/s1. The van der Waals surface area contributed by atoms with Gasteiger partial charge in [0.1, 0.15) is 11.5 Å². The predicted octanol–water partition coefficient (Wildman–Crippen LogP) is 4.63. The Hall–Kier alpha value is -4.80. The molecule has 4 rings (SSSR count). The molecule has 1 aliphatic heterocycles. The second-order valence-electron chi connectivity index (χ2n) is 8.25. The summed E-state index contributed by atoms with van der Waals surface area (Å²) in [6, 6.07) is 13.9. The summed E-state index contributed by atoms with van der Waals surface area (Å²) in [4.78, 5) is 24.9. The average Bonchev–Trinajstić information content (AvgIpc) is 3.40. The Morgan fingerprint density at radius 3 is 2.16 bits per heavy atom. The van der Waals surface area contributed by atoms with E-state index in [4.69, 9.17) is 23.7 Å². The maximum absolute atomic E-state index is 13.9. The van der Waals surface area contributed by atoms with E-state index in [-0.39, 0.29) is 11.3 Å². The van der Waals surface area contributed by atoms with Crippen LogP contribution < -0.4 is 23.7 Å². The van der Waals surface area contributed by atoms with Crippen LogP contribution in [0.15, 0.2) is 59.7 Å². The average molecular weight is 522 g/mol. The van der Waals surface area contributed by atoms with Gasteiger partial charge in [0.25, 0.3) is 11.6 Å². The van der Waals surface area contributed by atoms with E-state index in [2.05, 4.69) is 5.10 Å². The zero-order valence-corrected chi connectivity index (χ0v) is 21.6. The summed E-state index contributed by atoms with van der Waals surface area (Å²) < 4.78 is 27.1. The van der Waals surface area contributed by atoms with Gasteiger partial charge in [0.15, 0.2) is 11.5 Å². The minimum absolute atomic E-state index is 0.0850. The Kier molecular flexibility index (Phi) is 7.66. The van der Waals surface area contributed by atoms with Crippen LogP contribution >= 0.6 is 0 Å². The molecule has 0 spiro atoms. The van der Waals surface area contributed by atoms with Crippen LogP contribution in [-0.4, -0.2) is 57.1 Å². The quantitative estimate of drug-likeness (QED) is 0.295. The normalized spacial score (nSPS) is 14.5. The molecule has 0 aliphatic carbocycles. The monoisotopic (exact) mass is 521 g/mol. The number of methoxy groups -OCH3 is 5. The van der Waals surface area contributed by atoms with Gasteiger partial charge in [-0.2, -0.15) is 5.10 Å². The van der Waals surface area contributed by atoms with E-state index in [1.807, 2.05) is 0 Å². The lowest BCUT2D eigenvalue weighted by molar-refractivity contribution is -0.384. The molecule has 1 amide bonds. The SMILES string of the molecule is COc1ccc(C2=NN(C(=O)c3cc(OC)c(OC)c(OC)c3)[C@H](c3cccc([N+](=O)[O-])c3)C2)c(OC)c1. The van der Waals surface area contributed by atoms with Crippen LogP contribution in [0.4, 0.5) is 5.69 Å². The summed E-state index contributed by atoms with van der Waals surface area (Å²) >= 11 is 0. The number of ether oxygens (including phenoxy) is 5. The molecule has 3 aromatic carbocycles. The lowest BCUT2D eigenvalue weighted by atomic mass is 9.97. The first-order chi connectivity index (χ1) is 18.3. The minimum atomic E-state index is -0.622. The lowest BCUT2D eigenvalue weighted by Gasteiger charge is -2.23. The third-order valence-electron chi connectivity index (χ3n) is 6.22. The highest BCUT2D eigenvalue weighted by molar-refractivity contribution is 6.07. The molecule has 1 aliphatic rings. The fourth-order valence-corrected chi connectivity index (χ4v) is 4.34. The van der Waals surface area contributed by atoms with Crippen LogP contribution in [-0.2, 0) is 0 Å². The van der Waals surface area contributed by atoms with Crippen molar-refractivity contribution in [2.75, 3.05) is 35.5 Å². The molecule has 198 valence electrons. The number of nitro groups is 1. The van der Waals surface area contributed by atoms with Crippen molar-refractivity contribution in [1.82, 2.24) is 5.01 Å². The number of amides is 1. The second-order valence-corrected chi connectivity index (χ2v) is 8.25. The highest BCUT2D eigenvalue weighted by Crippen LogP contribution is 2.41. The summed E-state index contributed by atoms with van der Waals surface area (Å²) in [7, 11) is 7.47. The topological polar surface area (TPSA) is 122 Å². The molecular formula is C27H27N3O8. The van der Waals surface area contributed by atoms with Gasteiger partial charge in [-0.25, -0.2) is 5.01 Å². The smallest absolute Gasteiger partial charge is 0.274 e. The fraction of sp³-hybridized carbons (Fsp3) is 0.259. The van der Waals surface area contributed by atoms with Gasteiger partial charge in [-0.15, -0.1) is 0 Å². The number of nitro benzene ring substituents is 1. The van der Waals surface area contributed by atoms with Crippen molar-refractivity contribution >= 4 is 17.3 Å². The Balaban J connectivity index is 1.84. The highest BCUT2D eigenvalue weighted by Gasteiger charge is 2.36. The van der Waals surface area contributed by atoms with E-state index in [1.165, 1.54) is 57.7 Å². The molecule has 0 unspecified atom stereocenters. The van der Waals surface area contributed by atoms with Crippen LogP contribution in [0.1, 0.15) is 33.9 Å². The molecule has 1 atom stereocenters. The number of hydrogen-bond acceptors (Lipinski definition) is 9. The van der Waals surface area contributed by atoms with Crippen molar-refractivity contribution in [2.45, 2.75) is 12.5 Å². The van der Waals surface area contributed by atoms with Gasteiger partial charge < -0.3 is 23.7 Å². The minimum Gasteiger partial charge on any atom is -0.497 e. The number of benzene rings is 3. The predicted molar refractivity (Wildman–Crippen MR) is 139 cm³/mol. The maximum Gasteiger partial charge on any atom is 0.274 e. The van der Waals surface area contributed by atoms with Gasteiger partial charge in [-0.3, -0.25) is 14.9 Å². The van der Waals surface area contributed by atoms with E-state index >= 15 is 0 Å². The van der Waals surface area contributed by atoms with Crippen molar-refractivity contribution in [3.05, 3.63) is 81.4 Å². The molecular weight excluding hydrogens is 494 g/mol. The third kappa shape index (κ3) is 4.90. The molecule has 0 saturated carbocycles. The molecule has 0 bridgehead atoms. The Labute approximate surface area is 219 Å². The van der Waals surface area contributed by atoms with E-state index < -0.39 is 16.9 Å². The molecule has 0 saturated heterocycles. The summed E-state index contributed by atoms with van der Waals surface area (Å²) in [5.74, 6) is 1.62. The van der Waals surface area contributed by atoms with Crippen LogP contribution in [0.2, 0.25) is 0 Å². The van der Waals surface area contributed by atoms with E-state index in [0.717, 1.165) is 0 Å². The largest absolute Gasteiger partial charge is 0.497 e. The number of hydrogen-bond donors (Lipinski definition) is 0. The number of carbonyl (C=O) groups excluding carboxylic acids is 1. The highest BCUT2D eigenvalue weighted by atomic mass is 16.6. The van der Waals surface area contributed by atoms with Crippen molar-refractivity contribution in [3.8, 4) is 28.7 Å². The summed E-state index contributed by atoms with van der Waals surface area (Å²) in [5, 5.41) is 17.5. The molecule has 0 N–H and O–H groups in total. The number of non-ortho nitro benzene ring substituents is 1. The van der Waals surface area contributed by atoms with Crippen molar-refractivity contribution in [2.24, 2.45) is 5.10 Å². The van der Waals surface area contributed by atoms with Crippen molar-refractivity contribution in [3.63, 3.8) is 0 Å². The Morgan fingerprint density at radius 2 is 1.58 bits per heavy atom. The van der Waals surface area contributed by atoms with Gasteiger partial charge in [-0.05, 0) is 29.8 Å². The summed E-state index contributed by atoms with van der Waals surface area (Å²) in [5.41, 5.74) is 1.96. The molecule has 11 heteroatoms. The maximum atomic E-state index is 13.9. The molecule has 3 aromatic rings. The first kappa shape index (κ1) is 26.3. The number of hydrazone groups is 1. The molecule has 11 nitrogen and oxygen atoms in total. The van der Waals surface area contributed by atoms with Crippen LogP contribution in [0, 0.1) is 10.1 Å². The first-order valence-corrected chi connectivity index (χ1v) is 11.5. The van der Waals surface area contributed by atoms with Crippen molar-refractivity contribution < 1.29 is 33.4 Å². The number of rotatable bonds is 9. The molecule has 38 heavy (non-hydrogen) atoms. The third-order valence-corrected chi connectivity index (χ3v) is 6.22. The molecule has 0 aromatic heterocycles. The number of nitrogens with zero attached hydrogens (tertiary/aromatic N) is 3.